The maximum absolute atomic E-state index is 12.4. The van der Waals surface area contributed by atoms with E-state index < -0.39 is 66.7 Å². The van der Waals surface area contributed by atoms with E-state index in [0.717, 1.165) is 0 Å². The molecule has 2 saturated carbocycles. The largest absolute Gasteiger partial charge is 0.396 e. The van der Waals surface area contributed by atoms with Gasteiger partial charge in [0.1, 0.15) is 24.4 Å². The van der Waals surface area contributed by atoms with Gasteiger partial charge in [0.05, 0.1) is 30.5 Å². The first-order valence-corrected chi connectivity index (χ1v) is 16.5. The summed E-state index contributed by atoms with van der Waals surface area (Å²) in [4.78, 5) is 36.6. The van der Waals surface area contributed by atoms with Crippen LogP contribution >= 0.6 is 0 Å². The molecular formula is C31H56N2O13. The number of carbonyl (C=O) groups is 3. The van der Waals surface area contributed by atoms with E-state index in [4.69, 9.17) is 9.47 Å². The van der Waals surface area contributed by atoms with Crippen LogP contribution < -0.4 is 10.6 Å². The van der Waals surface area contributed by atoms with Crippen molar-refractivity contribution in [2.75, 3.05) is 33.0 Å². The van der Waals surface area contributed by atoms with Gasteiger partial charge in [-0.3, -0.25) is 14.4 Å². The third-order valence-electron chi connectivity index (χ3n) is 8.99. The molecule has 2 fully saturated rings. The molecule has 0 aromatic heterocycles. The third-order valence-corrected chi connectivity index (χ3v) is 8.99. The summed E-state index contributed by atoms with van der Waals surface area (Å²) in [5.41, 5.74) is 0. The van der Waals surface area contributed by atoms with E-state index in [-0.39, 0.29) is 69.7 Å². The lowest BCUT2D eigenvalue weighted by Crippen LogP contribution is -2.55. The van der Waals surface area contributed by atoms with Gasteiger partial charge in [-0.1, -0.05) is 0 Å². The minimum absolute atomic E-state index is 0.128. The number of ketones is 1. The Bertz CT molecular complexity index is 908. The maximum Gasteiger partial charge on any atom is 0.220 e. The second kappa shape index (κ2) is 21.2. The summed E-state index contributed by atoms with van der Waals surface area (Å²) in [6.07, 6.45) is -4.52. The number of hydrogen-bond acceptors (Lipinski definition) is 13. The number of Topliss-reactive ketones (excluding diaryl/α,β-unsaturated/α-hetero) is 1. The number of carbonyl (C=O) groups excluding carboxylic acids is 3. The van der Waals surface area contributed by atoms with Gasteiger partial charge in [-0.25, -0.2) is 0 Å². The average molecular weight is 665 g/mol. The molecule has 0 spiro atoms. The Hall–Kier alpha value is -1.79. The third kappa shape index (κ3) is 13.0. The summed E-state index contributed by atoms with van der Waals surface area (Å²) >= 11 is 0. The normalized spacial score (nSPS) is 32.1. The Labute approximate surface area is 270 Å². The van der Waals surface area contributed by atoms with E-state index in [1.165, 1.54) is 6.92 Å². The molecule has 46 heavy (non-hydrogen) atoms. The molecular weight excluding hydrogens is 608 g/mol. The summed E-state index contributed by atoms with van der Waals surface area (Å²) in [7, 11) is 0. The van der Waals surface area contributed by atoms with E-state index in [9.17, 15) is 55.2 Å². The highest BCUT2D eigenvalue weighted by molar-refractivity contribution is 5.87. The fourth-order valence-corrected chi connectivity index (χ4v) is 5.93. The van der Waals surface area contributed by atoms with Crippen LogP contribution in [0.4, 0.5) is 0 Å². The van der Waals surface area contributed by atoms with Crippen molar-refractivity contribution in [3.05, 3.63) is 0 Å². The number of ether oxygens (including phenoxy) is 2. The molecule has 10 unspecified atom stereocenters. The summed E-state index contributed by atoms with van der Waals surface area (Å²) < 4.78 is 11.3. The first-order valence-electron chi connectivity index (χ1n) is 16.5. The van der Waals surface area contributed by atoms with Crippen molar-refractivity contribution >= 4 is 17.6 Å². The van der Waals surface area contributed by atoms with Crippen molar-refractivity contribution in [1.82, 2.24) is 10.6 Å². The highest BCUT2D eigenvalue weighted by atomic mass is 16.5. The number of unbranched alkanes of at least 4 members (excludes halogenated alkanes) is 3. The second-order valence-electron chi connectivity index (χ2n) is 12.6. The maximum atomic E-state index is 12.4. The summed E-state index contributed by atoms with van der Waals surface area (Å²) in [6.45, 7) is 1.66. The number of nitrogens with one attached hydrogen (secondary N) is 2. The number of rotatable bonds is 21. The van der Waals surface area contributed by atoms with Crippen molar-refractivity contribution < 1.29 is 64.7 Å². The zero-order valence-corrected chi connectivity index (χ0v) is 26.8. The Morgan fingerprint density at radius 2 is 1.13 bits per heavy atom. The van der Waals surface area contributed by atoms with Crippen molar-refractivity contribution in [2.45, 2.75) is 132 Å². The SMILES string of the molecule is CC(=O)[C@H](CCCCNC(=O)CCCCOC1CC(CO)C(O)C(O)C1O)NC(=O)CCCCOC1CC(CO)C(O)C(O)C1O. The zero-order chi connectivity index (χ0) is 34.2. The molecule has 0 aliphatic heterocycles. The van der Waals surface area contributed by atoms with Gasteiger partial charge in [-0.05, 0) is 64.7 Å². The average Bonchev–Trinajstić information content (AvgIpc) is 3.03. The van der Waals surface area contributed by atoms with Crippen LogP contribution in [0.5, 0.6) is 0 Å². The van der Waals surface area contributed by atoms with Gasteiger partial charge in [0.15, 0.2) is 5.78 Å². The van der Waals surface area contributed by atoms with E-state index in [2.05, 4.69) is 10.6 Å². The summed E-state index contributed by atoms with van der Waals surface area (Å²) in [5, 5.41) is 84.1. The van der Waals surface area contributed by atoms with Gasteiger partial charge >= 0.3 is 0 Å². The smallest absolute Gasteiger partial charge is 0.220 e. The van der Waals surface area contributed by atoms with Gasteiger partial charge in [0, 0.05) is 57.6 Å². The highest BCUT2D eigenvalue weighted by Crippen LogP contribution is 2.29. The van der Waals surface area contributed by atoms with Crippen molar-refractivity contribution in [3.8, 4) is 0 Å². The van der Waals surface area contributed by atoms with E-state index in [1.54, 1.807) is 0 Å². The van der Waals surface area contributed by atoms with E-state index in [0.29, 0.717) is 51.5 Å². The summed E-state index contributed by atoms with van der Waals surface area (Å²) in [6, 6.07) is -0.625. The van der Waals surface area contributed by atoms with Gasteiger partial charge < -0.3 is 61.0 Å². The minimum atomic E-state index is -1.40. The molecule has 2 amide bonds. The van der Waals surface area contributed by atoms with Crippen molar-refractivity contribution in [3.63, 3.8) is 0 Å². The number of amides is 2. The predicted octanol–water partition coefficient (Wildman–Crippen LogP) is -2.35. The molecule has 0 radical (unpaired) electrons. The van der Waals surface area contributed by atoms with Crippen LogP contribution in [0.3, 0.4) is 0 Å². The molecule has 0 saturated heterocycles. The van der Waals surface area contributed by atoms with E-state index in [1.807, 2.05) is 0 Å². The molecule has 2 aliphatic rings. The van der Waals surface area contributed by atoms with E-state index >= 15 is 0 Å². The molecule has 10 N–H and O–H groups in total. The first-order chi connectivity index (χ1) is 21.9. The molecule has 268 valence electrons. The fourth-order valence-electron chi connectivity index (χ4n) is 5.93. The Morgan fingerprint density at radius 1 is 0.652 bits per heavy atom. The van der Waals surface area contributed by atoms with Gasteiger partial charge in [0.2, 0.25) is 11.8 Å². The van der Waals surface area contributed by atoms with Crippen LogP contribution in [0.25, 0.3) is 0 Å². The van der Waals surface area contributed by atoms with Gasteiger partial charge in [-0.15, -0.1) is 0 Å². The topological polar surface area (TPSA) is 256 Å². The molecule has 0 bridgehead atoms. The zero-order valence-electron chi connectivity index (χ0n) is 26.8. The lowest BCUT2D eigenvalue weighted by molar-refractivity contribution is -0.178. The van der Waals surface area contributed by atoms with Crippen LogP contribution in [0.15, 0.2) is 0 Å². The number of aliphatic hydroxyl groups excluding tert-OH is 8. The highest BCUT2D eigenvalue weighted by Gasteiger charge is 2.43. The molecule has 2 aliphatic carbocycles. The monoisotopic (exact) mass is 664 g/mol. The fraction of sp³-hybridized carbons (Fsp3) is 0.903. The molecule has 0 aromatic rings. The molecule has 2 rings (SSSR count). The quantitative estimate of drug-likeness (QED) is 0.0578. The van der Waals surface area contributed by atoms with Crippen molar-refractivity contribution in [1.29, 1.82) is 0 Å². The second-order valence-corrected chi connectivity index (χ2v) is 12.6. The Balaban J connectivity index is 1.52. The first kappa shape index (κ1) is 40.4. The molecule has 0 heterocycles. The van der Waals surface area contributed by atoms with Gasteiger partial charge in [-0.2, -0.15) is 0 Å². The summed E-state index contributed by atoms with van der Waals surface area (Å²) in [5.74, 6) is -1.72. The Kier molecular flexibility index (Phi) is 18.6. The molecule has 11 atom stereocenters. The van der Waals surface area contributed by atoms with Crippen LogP contribution in [-0.4, -0.2) is 146 Å². The van der Waals surface area contributed by atoms with Crippen LogP contribution in [-0.2, 0) is 23.9 Å². The molecule has 15 heteroatoms. The van der Waals surface area contributed by atoms with Crippen LogP contribution in [0, 0.1) is 11.8 Å². The lowest BCUT2D eigenvalue weighted by Gasteiger charge is -2.39. The predicted molar refractivity (Wildman–Crippen MR) is 163 cm³/mol. The Morgan fingerprint density at radius 3 is 1.59 bits per heavy atom. The number of aliphatic hydroxyl groups is 8. The molecule has 15 nitrogen and oxygen atoms in total. The van der Waals surface area contributed by atoms with Gasteiger partial charge in [0.25, 0.3) is 0 Å². The number of hydrogen-bond donors (Lipinski definition) is 10. The van der Waals surface area contributed by atoms with Crippen LogP contribution in [0.1, 0.15) is 77.6 Å². The van der Waals surface area contributed by atoms with Crippen molar-refractivity contribution in [2.24, 2.45) is 11.8 Å². The minimum Gasteiger partial charge on any atom is -0.396 e. The van der Waals surface area contributed by atoms with Crippen LogP contribution in [0.2, 0.25) is 0 Å². The molecule has 0 aromatic carbocycles. The lowest BCUT2D eigenvalue weighted by atomic mass is 9.81. The standard InChI is InChI=1S/C31H56N2O13/c1-18(36)21(33-25(38)10-4-7-13-46-23-15-20(17-35)27(40)31(44)29(23)42)8-2-5-11-32-24(37)9-3-6-12-45-22-14-19(16-34)26(39)30(43)28(22)41/h19-23,26-31,34-35,39-44H,2-17H2,1H3,(H,32,37)(H,33,38)/t19?,20?,21-,22?,23?,26?,27?,28?,29?,30?,31?/m0/s1.